The number of halogens is 2. The van der Waals surface area contributed by atoms with Gasteiger partial charge >= 0.3 is 0 Å². The largest absolute Gasteiger partial charge is 0.439 e. The average Bonchev–Trinajstić information content (AvgIpc) is 3.68. The van der Waals surface area contributed by atoms with Crippen LogP contribution in [-0.2, 0) is 0 Å². The zero-order chi connectivity index (χ0) is 28.7. The highest BCUT2D eigenvalue weighted by atomic mass is 19.1. The Morgan fingerprint density at radius 1 is 0.488 bits per heavy atom. The Morgan fingerprint density at radius 2 is 1.12 bits per heavy atom. The first-order chi connectivity index (χ1) is 21.2. The maximum Gasteiger partial charge on any atom is 0.213 e. The van der Waals surface area contributed by atoms with E-state index < -0.39 is 0 Å². The van der Waals surface area contributed by atoms with Crippen LogP contribution in [0.3, 0.4) is 0 Å². The number of furan rings is 1. The zero-order valence-corrected chi connectivity index (χ0v) is 22.8. The second-order valence-electron chi connectivity index (χ2n) is 10.9. The first-order valence-electron chi connectivity index (χ1n) is 14.2. The lowest BCUT2D eigenvalue weighted by Gasteiger charge is -2.12. The van der Waals surface area contributed by atoms with Crippen LogP contribution < -0.4 is 0 Å². The monoisotopic (exact) mass is 560 g/mol. The molecule has 3 nitrogen and oxygen atoms in total. The van der Waals surface area contributed by atoms with Crippen LogP contribution in [0.2, 0.25) is 0 Å². The summed E-state index contributed by atoms with van der Waals surface area (Å²) < 4.78 is 39.2. The summed E-state index contributed by atoms with van der Waals surface area (Å²) in [4.78, 5) is 0. The lowest BCUT2D eigenvalue weighted by atomic mass is 10.0. The van der Waals surface area contributed by atoms with E-state index in [1.807, 2.05) is 36.4 Å². The molecule has 0 N–H and O–H groups in total. The van der Waals surface area contributed by atoms with E-state index in [9.17, 15) is 8.78 Å². The van der Waals surface area contributed by atoms with E-state index in [0.717, 1.165) is 66.5 Å². The molecule has 0 aliphatic rings. The molecule has 0 atom stereocenters. The highest BCUT2D eigenvalue weighted by Crippen LogP contribution is 2.43. The first kappa shape index (κ1) is 24.0. The number of benzene rings is 6. The minimum Gasteiger partial charge on any atom is -0.439 e. The van der Waals surface area contributed by atoms with Gasteiger partial charge in [-0.3, -0.25) is 4.57 Å². The molecule has 0 bridgehead atoms. The topological polar surface area (TPSA) is 23.0 Å². The fourth-order valence-electron chi connectivity index (χ4n) is 6.63. The van der Waals surface area contributed by atoms with Crippen LogP contribution >= 0.6 is 0 Å². The molecule has 0 fully saturated rings. The fraction of sp³-hybridized carbons (Fsp3) is 0. The minimum absolute atomic E-state index is 0.348. The van der Waals surface area contributed by atoms with Crippen molar-refractivity contribution in [2.75, 3.05) is 0 Å². The van der Waals surface area contributed by atoms with E-state index in [4.69, 9.17) is 4.42 Å². The normalized spacial score (nSPS) is 12.0. The quantitative estimate of drug-likeness (QED) is 0.211. The number of hydrogen-bond donors (Lipinski definition) is 0. The van der Waals surface area contributed by atoms with E-state index in [-0.39, 0.29) is 11.6 Å². The predicted molar refractivity (Wildman–Crippen MR) is 170 cm³/mol. The molecule has 0 aliphatic carbocycles. The molecular formula is C38H22F2N2O. The smallest absolute Gasteiger partial charge is 0.213 e. The SMILES string of the molecule is Fc1ccc2c(c1)c1cc(F)ccc1n2-c1ccc(-c2cccc3c4c5ccccc5oc4n(-c4ccccc4)c23)cc1. The van der Waals surface area contributed by atoms with Gasteiger partial charge in [0.05, 0.1) is 21.9 Å². The molecule has 204 valence electrons. The van der Waals surface area contributed by atoms with Crippen molar-refractivity contribution in [1.82, 2.24) is 9.13 Å². The van der Waals surface area contributed by atoms with E-state index in [0.29, 0.717) is 10.8 Å². The number of para-hydroxylation sites is 3. The number of hydrogen-bond acceptors (Lipinski definition) is 1. The maximum atomic E-state index is 14.2. The number of aromatic nitrogens is 2. The van der Waals surface area contributed by atoms with Gasteiger partial charge in [0.1, 0.15) is 17.2 Å². The molecule has 3 aromatic heterocycles. The molecule has 0 spiro atoms. The van der Waals surface area contributed by atoms with Crippen LogP contribution in [-0.4, -0.2) is 9.13 Å². The summed E-state index contributed by atoms with van der Waals surface area (Å²) in [7, 11) is 0. The van der Waals surface area contributed by atoms with Crippen LogP contribution in [0.1, 0.15) is 0 Å². The summed E-state index contributed by atoms with van der Waals surface area (Å²) in [5.41, 5.74) is 8.45. The molecule has 3 heterocycles. The lowest BCUT2D eigenvalue weighted by Crippen LogP contribution is -1.96. The third-order valence-electron chi connectivity index (χ3n) is 8.45. The van der Waals surface area contributed by atoms with Crippen molar-refractivity contribution in [1.29, 1.82) is 0 Å². The molecule has 9 rings (SSSR count). The summed E-state index contributed by atoms with van der Waals surface area (Å²) in [5, 5.41) is 4.66. The maximum absolute atomic E-state index is 14.2. The van der Waals surface area contributed by atoms with Gasteiger partial charge in [0.25, 0.3) is 0 Å². The van der Waals surface area contributed by atoms with E-state index in [1.165, 1.54) is 24.3 Å². The summed E-state index contributed by atoms with van der Waals surface area (Å²) >= 11 is 0. The average molecular weight is 561 g/mol. The van der Waals surface area contributed by atoms with E-state index in [1.54, 1.807) is 12.1 Å². The van der Waals surface area contributed by atoms with Crippen molar-refractivity contribution in [2.45, 2.75) is 0 Å². The summed E-state index contributed by atoms with van der Waals surface area (Å²) in [5.74, 6) is -0.696. The Morgan fingerprint density at radius 3 is 1.84 bits per heavy atom. The second kappa shape index (κ2) is 8.91. The van der Waals surface area contributed by atoms with Gasteiger partial charge in [0.2, 0.25) is 5.71 Å². The molecule has 0 amide bonds. The molecule has 43 heavy (non-hydrogen) atoms. The molecule has 0 aliphatic heterocycles. The standard InChI is InChI=1S/C38H22F2N2O/c39-24-15-19-33-31(21-24)32-22-25(40)16-20-34(32)41(33)27-17-13-23(14-18-27)28-10-6-11-30-36-29-9-4-5-12-35(29)43-38(36)42(37(28)30)26-7-2-1-3-8-26/h1-22H. The number of rotatable bonds is 3. The minimum atomic E-state index is -0.348. The Labute approximate surface area is 244 Å². The van der Waals surface area contributed by atoms with Gasteiger partial charge in [-0.2, -0.15) is 0 Å². The van der Waals surface area contributed by atoms with Crippen LogP contribution in [0.5, 0.6) is 0 Å². The van der Waals surface area contributed by atoms with Crippen LogP contribution in [0.25, 0.3) is 77.3 Å². The van der Waals surface area contributed by atoms with Crippen LogP contribution in [0, 0.1) is 11.6 Å². The van der Waals surface area contributed by atoms with Crippen molar-refractivity contribution in [3.05, 3.63) is 145 Å². The molecule has 0 saturated carbocycles. The third-order valence-corrected chi connectivity index (χ3v) is 8.45. The molecule has 0 unspecified atom stereocenters. The Hall–Kier alpha value is -5.68. The number of fused-ring (bicyclic) bond motifs is 8. The van der Waals surface area contributed by atoms with Gasteiger partial charge in [0, 0.05) is 38.5 Å². The van der Waals surface area contributed by atoms with E-state index in [2.05, 4.69) is 69.8 Å². The van der Waals surface area contributed by atoms with Crippen molar-refractivity contribution in [2.24, 2.45) is 0 Å². The van der Waals surface area contributed by atoms with Crippen molar-refractivity contribution >= 4 is 54.8 Å². The molecular weight excluding hydrogens is 538 g/mol. The van der Waals surface area contributed by atoms with Crippen LogP contribution in [0.15, 0.2) is 138 Å². The van der Waals surface area contributed by atoms with Gasteiger partial charge in [-0.05, 0) is 72.3 Å². The van der Waals surface area contributed by atoms with Crippen molar-refractivity contribution in [3.63, 3.8) is 0 Å². The van der Waals surface area contributed by atoms with Gasteiger partial charge in [-0.25, -0.2) is 8.78 Å². The predicted octanol–water partition coefficient (Wildman–Crippen LogP) is 10.6. The molecule has 6 aromatic carbocycles. The van der Waals surface area contributed by atoms with Gasteiger partial charge in [0.15, 0.2) is 0 Å². The molecule has 5 heteroatoms. The molecule has 0 saturated heterocycles. The van der Waals surface area contributed by atoms with Gasteiger partial charge < -0.3 is 8.98 Å². The fourth-order valence-corrected chi connectivity index (χ4v) is 6.63. The lowest BCUT2D eigenvalue weighted by molar-refractivity contribution is 0.628. The highest BCUT2D eigenvalue weighted by molar-refractivity contribution is 6.22. The second-order valence-corrected chi connectivity index (χ2v) is 10.9. The summed E-state index contributed by atoms with van der Waals surface area (Å²) in [6.07, 6.45) is 0. The molecule has 0 radical (unpaired) electrons. The third kappa shape index (κ3) is 3.45. The van der Waals surface area contributed by atoms with E-state index >= 15 is 0 Å². The zero-order valence-electron chi connectivity index (χ0n) is 22.8. The Kier molecular flexibility index (Phi) is 4.97. The highest BCUT2D eigenvalue weighted by Gasteiger charge is 2.22. The van der Waals surface area contributed by atoms with Crippen molar-refractivity contribution in [3.8, 4) is 22.5 Å². The summed E-state index contributed by atoms with van der Waals surface area (Å²) in [6, 6.07) is 42.5. The first-order valence-corrected chi connectivity index (χ1v) is 14.2. The van der Waals surface area contributed by atoms with Gasteiger partial charge in [-0.1, -0.05) is 66.7 Å². The molecule has 9 aromatic rings. The Bertz CT molecular complexity index is 2460. The van der Waals surface area contributed by atoms with Crippen molar-refractivity contribution < 1.29 is 13.2 Å². The Balaban J connectivity index is 1.28. The van der Waals surface area contributed by atoms with Crippen LogP contribution in [0.4, 0.5) is 8.78 Å². The number of nitrogens with zero attached hydrogens (tertiary/aromatic N) is 2. The summed E-state index contributed by atoms with van der Waals surface area (Å²) in [6.45, 7) is 0. The van der Waals surface area contributed by atoms with Gasteiger partial charge in [-0.15, -0.1) is 0 Å².